The standard InChI is InChI=1S/C40H71NO8/c1-3-5-7-9-11-13-15-17-19-21-23-25-27-29-34(43)33(32-48-40-39(47)38(46)37(45)35(31-42)49-40)41-36(44)30-28-26-24-22-20-18-16-14-12-10-8-6-4-2/h8,10,14,16,19,21,27,29,33-35,37-40,42-43,45-47H,3-7,9,11-13,15,17-18,20,22-26,28,30-32H2,1-2H3,(H,41,44)/b10-8-,16-14-,21-19+,29-27+. The molecule has 1 aliphatic rings. The molecule has 0 aromatic rings. The van der Waals surface area contributed by atoms with Crippen molar-refractivity contribution in [3.05, 3.63) is 48.6 Å². The van der Waals surface area contributed by atoms with Gasteiger partial charge in [-0.15, -0.1) is 0 Å². The van der Waals surface area contributed by atoms with E-state index in [-0.39, 0.29) is 12.5 Å². The van der Waals surface area contributed by atoms with Gasteiger partial charge in [-0.05, 0) is 57.8 Å². The molecule has 49 heavy (non-hydrogen) atoms. The molecular weight excluding hydrogens is 622 g/mol. The third-order valence-electron chi connectivity index (χ3n) is 8.86. The van der Waals surface area contributed by atoms with E-state index in [9.17, 15) is 30.3 Å². The quantitative estimate of drug-likeness (QED) is 0.0359. The number of carbonyl (C=O) groups excluding carboxylic acids is 1. The number of hydrogen-bond donors (Lipinski definition) is 6. The lowest BCUT2D eigenvalue weighted by Crippen LogP contribution is -2.60. The largest absolute Gasteiger partial charge is 0.394 e. The van der Waals surface area contributed by atoms with Crippen LogP contribution in [0.4, 0.5) is 0 Å². The van der Waals surface area contributed by atoms with Gasteiger partial charge in [-0.1, -0.05) is 127 Å². The first-order valence-electron chi connectivity index (χ1n) is 19.4. The summed E-state index contributed by atoms with van der Waals surface area (Å²) in [5.41, 5.74) is 0. The molecule has 1 aliphatic heterocycles. The van der Waals surface area contributed by atoms with Gasteiger partial charge in [-0.3, -0.25) is 4.79 Å². The average Bonchev–Trinajstić information content (AvgIpc) is 3.10. The molecule has 9 nitrogen and oxygen atoms in total. The highest BCUT2D eigenvalue weighted by molar-refractivity contribution is 5.76. The molecule has 1 fully saturated rings. The molecule has 1 amide bonds. The number of ether oxygens (including phenoxy) is 2. The van der Waals surface area contributed by atoms with Crippen LogP contribution in [0, 0.1) is 0 Å². The van der Waals surface area contributed by atoms with Crippen molar-refractivity contribution in [2.24, 2.45) is 0 Å². The van der Waals surface area contributed by atoms with Gasteiger partial charge in [0.15, 0.2) is 6.29 Å². The highest BCUT2D eigenvalue weighted by Crippen LogP contribution is 2.22. The second kappa shape index (κ2) is 30.9. The molecule has 0 aromatic heterocycles. The lowest BCUT2D eigenvalue weighted by atomic mass is 9.99. The Morgan fingerprint density at radius 3 is 1.92 bits per heavy atom. The molecule has 284 valence electrons. The maximum atomic E-state index is 12.8. The Kier molecular flexibility index (Phi) is 28.5. The number of amides is 1. The molecule has 7 unspecified atom stereocenters. The number of aliphatic hydroxyl groups is 5. The molecule has 1 saturated heterocycles. The Morgan fingerprint density at radius 2 is 1.27 bits per heavy atom. The first-order valence-corrected chi connectivity index (χ1v) is 19.4. The number of carbonyl (C=O) groups is 1. The molecular formula is C40H71NO8. The van der Waals surface area contributed by atoms with Crippen LogP contribution in [0.1, 0.15) is 142 Å². The van der Waals surface area contributed by atoms with Crippen LogP contribution in [0.5, 0.6) is 0 Å². The van der Waals surface area contributed by atoms with E-state index in [1.807, 2.05) is 6.08 Å². The van der Waals surface area contributed by atoms with E-state index in [1.165, 1.54) is 51.4 Å². The zero-order valence-corrected chi connectivity index (χ0v) is 30.7. The minimum Gasteiger partial charge on any atom is -0.394 e. The van der Waals surface area contributed by atoms with E-state index in [0.717, 1.165) is 70.6 Å². The molecule has 1 heterocycles. The summed E-state index contributed by atoms with van der Waals surface area (Å²) in [6.45, 7) is 3.63. The third kappa shape index (κ3) is 22.6. The van der Waals surface area contributed by atoms with Gasteiger partial charge < -0.3 is 40.3 Å². The molecule has 7 atom stereocenters. The van der Waals surface area contributed by atoms with Gasteiger partial charge in [-0.25, -0.2) is 0 Å². The summed E-state index contributed by atoms with van der Waals surface area (Å²) in [5.74, 6) is -0.206. The van der Waals surface area contributed by atoms with Gasteiger partial charge >= 0.3 is 0 Å². The van der Waals surface area contributed by atoms with Crippen molar-refractivity contribution in [2.75, 3.05) is 13.2 Å². The maximum Gasteiger partial charge on any atom is 0.220 e. The minimum atomic E-state index is -1.57. The van der Waals surface area contributed by atoms with Crippen LogP contribution >= 0.6 is 0 Å². The fraction of sp³-hybridized carbons (Fsp3) is 0.775. The SMILES string of the molecule is CCC/C=C\C/C=C\CCCCCCCC(=O)NC(COC1OC(CO)C(O)C(O)C1O)C(O)/C=C/CC/C=C/CCCCCCCCC. The van der Waals surface area contributed by atoms with E-state index in [2.05, 4.69) is 55.6 Å². The number of allylic oxidation sites excluding steroid dienone is 7. The van der Waals surface area contributed by atoms with Gasteiger partial charge in [0.1, 0.15) is 24.4 Å². The molecule has 9 heteroatoms. The maximum absolute atomic E-state index is 12.8. The number of hydrogen-bond acceptors (Lipinski definition) is 8. The molecule has 0 bridgehead atoms. The lowest BCUT2D eigenvalue weighted by molar-refractivity contribution is -0.302. The third-order valence-corrected chi connectivity index (χ3v) is 8.86. The van der Waals surface area contributed by atoms with Crippen LogP contribution in [-0.2, 0) is 14.3 Å². The highest BCUT2D eigenvalue weighted by Gasteiger charge is 2.44. The Hall–Kier alpha value is -1.85. The monoisotopic (exact) mass is 694 g/mol. The molecule has 1 rings (SSSR count). The summed E-state index contributed by atoms with van der Waals surface area (Å²) in [5, 5.41) is 53.8. The van der Waals surface area contributed by atoms with Crippen LogP contribution < -0.4 is 5.32 Å². The highest BCUT2D eigenvalue weighted by atomic mass is 16.7. The predicted molar refractivity (Wildman–Crippen MR) is 198 cm³/mol. The lowest BCUT2D eigenvalue weighted by Gasteiger charge is -2.40. The number of nitrogens with one attached hydrogen (secondary N) is 1. The summed E-state index contributed by atoms with van der Waals surface area (Å²) in [6.07, 6.45) is 30.1. The fourth-order valence-corrected chi connectivity index (χ4v) is 5.68. The van der Waals surface area contributed by atoms with Gasteiger partial charge in [0, 0.05) is 6.42 Å². The van der Waals surface area contributed by atoms with E-state index in [1.54, 1.807) is 6.08 Å². The number of unbranched alkanes of at least 4 members (excludes halogenated alkanes) is 14. The van der Waals surface area contributed by atoms with Crippen LogP contribution in [0.2, 0.25) is 0 Å². The first kappa shape index (κ1) is 45.2. The van der Waals surface area contributed by atoms with Gasteiger partial charge in [0.05, 0.1) is 25.4 Å². The first-order chi connectivity index (χ1) is 23.8. The average molecular weight is 694 g/mol. The van der Waals surface area contributed by atoms with E-state index in [4.69, 9.17) is 9.47 Å². The smallest absolute Gasteiger partial charge is 0.220 e. The number of rotatable bonds is 30. The summed E-state index contributed by atoms with van der Waals surface area (Å²) >= 11 is 0. The number of aliphatic hydroxyl groups excluding tert-OH is 5. The zero-order chi connectivity index (χ0) is 36.0. The van der Waals surface area contributed by atoms with Gasteiger partial charge in [-0.2, -0.15) is 0 Å². The molecule has 0 saturated carbocycles. The fourth-order valence-electron chi connectivity index (χ4n) is 5.68. The molecule has 0 aromatic carbocycles. The summed E-state index contributed by atoms with van der Waals surface area (Å²) in [6, 6.07) is -0.826. The summed E-state index contributed by atoms with van der Waals surface area (Å²) < 4.78 is 11.1. The molecule has 6 N–H and O–H groups in total. The van der Waals surface area contributed by atoms with Crippen molar-refractivity contribution in [1.29, 1.82) is 0 Å². The van der Waals surface area contributed by atoms with E-state index < -0.39 is 49.5 Å². The van der Waals surface area contributed by atoms with Gasteiger partial charge in [0.25, 0.3) is 0 Å². The minimum absolute atomic E-state index is 0.206. The van der Waals surface area contributed by atoms with E-state index >= 15 is 0 Å². The summed E-state index contributed by atoms with van der Waals surface area (Å²) in [7, 11) is 0. The normalized spacial score (nSPS) is 23.0. The van der Waals surface area contributed by atoms with Crippen molar-refractivity contribution in [2.45, 2.75) is 185 Å². The van der Waals surface area contributed by atoms with Crippen molar-refractivity contribution < 1.29 is 39.8 Å². The summed E-state index contributed by atoms with van der Waals surface area (Å²) in [4.78, 5) is 12.8. The molecule has 0 radical (unpaired) electrons. The predicted octanol–water partition coefficient (Wildman–Crippen LogP) is 6.72. The van der Waals surface area contributed by atoms with E-state index in [0.29, 0.717) is 6.42 Å². The van der Waals surface area contributed by atoms with Crippen LogP contribution in [0.25, 0.3) is 0 Å². The van der Waals surface area contributed by atoms with Gasteiger partial charge in [0.2, 0.25) is 5.91 Å². The Labute approximate surface area is 297 Å². The molecule has 0 spiro atoms. The second-order valence-electron chi connectivity index (χ2n) is 13.4. The van der Waals surface area contributed by atoms with Crippen molar-refractivity contribution in [3.63, 3.8) is 0 Å². The molecule has 0 aliphatic carbocycles. The van der Waals surface area contributed by atoms with Crippen molar-refractivity contribution >= 4 is 5.91 Å². The van der Waals surface area contributed by atoms with Crippen LogP contribution in [-0.4, -0.2) is 87.5 Å². The topological polar surface area (TPSA) is 149 Å². The Bertz CT molecular complexity index is 905. The van der Waals surface area contributed by atoms with Crippen LogP contribution in [0.15, 0.2) is 48.6 Å². The van der Waals surface area contributed by atoms with Crippen LogP contribution in [0.3, 0.4) is 0 Å². The van der Waals surface area contributed by atoms with Crippen molar-refractivity contribution in [1.82, 2.24) is 5.32 Å². The van der Waals surface area contributed by atoms with Crippen molar-refractivity contribution in [3.8, 4) is 0 Å². The second-order valence-corrected chi connectivity index (χ2v) is 13.4. The Morgan fingerprint density at radius 1 is 0.694 bits per heavy atom. The zero-order valence-electron chi connectivity index (χ0n) is 30.7. The Balaban J connectivity index is 2.50.